The molecular weight excluding hydrogens is 391 g/mol. The highest BCUT2D eigenvalue weighted by atomic mass is 31.2. The molecular formula is C22H31O6P. The molecule has 2 aromatic carbocycles. The van der Waals surface area contributed by atoms with Gasteiger partial charge in [-0.05, 0) is 25.0 Å². The van der Waals surface area contributed by atoms with Crippen LogP contribution in [0.5, 0.6) is 0 Å². The molecule has 7 heteroatoms. The first-order chi connectivity index (χ1) is 14.1. The average Bonchev–Trinajstić information content (AvgIpc) is 2.73. The van der Waals surface area contributed by atoms with E-state index < -0.39 is 13.7 Å². The highest BCUT2D eigenvalue weighted by molar-refractivity contribution is 7.53. The molecule has 0 aliphatic rings. The minimum atomic E-state index is -3.29. The minimum Gasteiger partial charge on any atom is -0.374 e. The Labute approximate surface area is 173 Å². The standard InChI is InChI=1S/C22H31O6P/c1-3-27-29(23,28-4-2)19-26-22(17-24-15-20-11-7-5-8-12-20)18-25-16-21-13-9-6-10-14-21/h5-14,22H,3-4,15-19H2,1-2H3. The molecule has 0 unspecified atom stereocenters. The van der Waals surface area contributed by atoms with Crippen molar-refractivity contribution >= 4 is 7.60 Å². The number of hydrogen-bond donors (Lipinski definition) is 0. The third-order valence-corrected chi connectivity index (χ3v) is 5.72. The van der Waals surface area contributed by atoms with E-state index in [1.165, 1.54) is 0 Å². The van der Waals surface area contributed by atoms with E-state index in [4.69, 9.17) is 23.3 Å². The lowest BCUT2D eigenvalue weighted by Crippen LogP contribution is -2.26. The quantitative estimate of drug-likeness (QED) is 0.375. The molecule has 0 radical (unpaired) electrons. The van der Waals surface area contributed by atoms with Crippen molar-refractivity contribution in [3.8, 4) is 0 Å². The third kappa shape index (κ3) is 9.68. The first-order valence-corrected chi connectivity index (χ1v) is 11.6. The molecule has 0 aliphatic heterocycles. The molecule has 0 heterocycles. The Kier molecular flexibility index (Phi) is 11.2. The summed E-state index contributed by atoms with van der Waals surface area (Å²) < 4.78 is 40.7. The van der Waals surface area contributed by atoms with E-state index >= 15 is 0 Å². The van der Waals surface area contributed by atoms with E-state index in [0.717, 1.165) is 11.1 Å². The molecule has 6 nitrogen and oxygen atoms in total. The van der Waals surface area contributed by atoms with Crippen LogP contribution < -0.4 is 0 Å². The van der Waals surface area contributed by atoms with E-state index in [0.29, 0.717) is 39.6 Å². The zero-order valence-corrected chi connectivity index (χ0v) is 18.1. The van der Waals surface area contributed by atoms with Crippen molar-refractivity contribution in [1.29, 1.82) is 0 Å². The first-order valence-electron chi connectivity index (χ1n) is 9.88. The number of ether oxygens (including phenoxy) is 3. The fraction of sp³-hybridized carbons (Fsp3) is 0.455. The van der Waals surface area contributed by atoms with Gasteiger partial charge in [0.1, 0.15) is 12.5 Å². The highest BCUT2D eigenvalue weighted by Crippen LogP contribution is 2.48. The largest absolute Gasteiger partial charge is 0.374 e. The molecule has 29 heavy (non-hydrogen) atoms. The predicted octanol–water partition coefficient (Wildman–Crippen LogP) is 5.03. The van der Waals surface area contributed by atoms with Crippen molar-refractivity contribution < 1.29 is 27.8 Å². The van der Waals surface area contributed by atoms with E-state index in [1.807, 2.05) is 60.7 Å². The van der Waals surface area contributed by atoms with Gasteiger partial charge in [-0.1, -0.05) is 60.7 Å². The van der Waals surface area contributed by atoms with Crippen LogP contribution in [0.15, 0.2) is 60.7 Å². The van der Waals surface area contributed by atoms with Gasteiger partial charge in [-0.3, -0.25) is 4.57 Å². The third-order valence-electron chi connectivity index (χ3n) is 3.95. The average molecular weight is 422 g/mol. The normalized spacial score (nSPS) is 11.8. The summed E-state index contributed by atoms with van der Waals surface area (Å²) in [5.74, 6) is 0. The monoisotopic (exact) mass is 422 g/mol. The van der Waals surface area contributed by atoms with Crippen molar-refractivity contribution in [1.82, 2.24) is 0 Å². The van der Waals surface area contributed by atoms with E-state index in [2.05, 4.69) is 0 Å². The Morgan fingerprint density at radius 2 is 1.21 bits per heavy atom. The van der Waals surface area contributed by atoms with Crippen LogP contribution in [0.25, 0.3) is 0 Å². The van der Waals surface area contributed by atoms with Crippen LogP contribution in [0.4, 0.5) is 0 Å². The molecule has 160 valence electrons. The predicted molar refractivity (Wildman–Crippen MR) is 113 cm³/mol. The van der Waals surface area contributed by atoms with Crippen LogP contribution in [0.2, 0.25) is 0 Å². The van der Waals surface area contributed by atoms with Gasteiger partial charge in [0, 0.05) is 0 Å². The van der Waals surface area contributed by atoms with Gasteiger partial charge in [0.15, 0.2) is 0 Å². The molecule has 0 N–H and O–H groups in total. The number of benzene rings is 2. The molecule has 0 bridgehead atoms. The Morgan fingerprint density at radius 3 is 1.62 bits per heavy atom. The molecule has 0 atom stereocenters. The molecule has 0 saturated heterocycles. The van der Waals surface area contributed by atoms with Crippen molar-refractivity contribution in [3.05, 3.63) is 71.8 Å². The second-order valence-electron chi connectivity index (χ2n) is 6.37. The van der Waals surface area contributed by atoms with Crippen LogP contribution in [-0.2, 0) is 41.0 Å². The molecule has 0 aromatic heterocycles. The lowest BCUT2D eigenvalue weighted by Gasteiger charge is -2.22. The zero-order valence-electron chi connectivity index (χ0n) is 17.2. The zero-order chi connectivity index (χ0) is 20.8. The van der Waals surface area contributed by atoms with Gasteiger partial charge in [-0.15, -0.1) is 0 Å². The summed E-state index contributed by atoms with van der Waals surface area (Å²) in [7, 11) is -3.29. The maximum Gasteiger partial charge on any atom is 0.356 e. The first kappa shape index (κ1) is 23.7. The van der Waals surface area contributed by atoms with Gasteiger partial charge < -0.3 is 23.3 Å². The van der Waals surface area contributed by atoms with E-state index in [-0.39, 0.29) is 6.35 Å². The van der Waals surface area contributed by atoms with Crippen LogP contribution in [0, 0.1) is 0 Å². The molecule has 2 aromatic rings. The van der Waals surface area contributed by atoms with Gasteiger partial charge in [0.05, 0.1) is 39.6 Å². The highest BCUT2D eigenvalue weighted by Gasteiger charge is 2.26. The van der Waals surface area contributed by atoms with E-state index in [1.54, 1.807) is 13.8 Å². The van der Waals surface area contributed by atoms with Crippen molar-refractivity contribution in [2.75, 3.05) is 32.8 Å². The summed E-state index contributed by atoms with van der Waals surface area (Å²) >= 11 is 0. The smallest absolute Gasteiger partial charge is 0.356 e. The molecule has 0 amide bonds. The second kappa shape index (κ2) is 13.6. The lowest BCUT2D eigenvalue weighted by atomic mass is 10.2. The second-order valence-corrected chi connectivity index (χ2v) is 8.36. The van der Waals surface area contributed by atoms with Gasteiger partial charge in [-0.25, -0.2) is 0 Å². The Bertz CT molecular complexity index is 654. The molecule has 2 rings (SSSR count). The number of hydrogen-bond acceptors (Lipinski definition) is 6. The molecule has 0 aliphatic carbocycles. The van der Waals surface area contributed by atoms with Crippen LogP contribution in [0.3, 0.4) is 0 Å². The fourth-order valence-electron chi connectivity index (χ4n) is 2.61. The van der Waals surface area contributed by atoms with Crippen LogP contribution in [0.1, 0.15) is 25.0 Å². The Hall–Kier alpha value is -1.53. The van der Waals surface area contributed by atoms with Crippen molar-refractivity contribution in [2.45, 2.75) is 33.2 Å². The Morgan fingerprint density at radius 1 is 0.759 bits per heavy atom. The van der Waals surface area contributed by atoms with Crippen molar-refractivity contribution in [3.63, 3.8) is 0 Å². The Balaban J connectivity index is 1.87. The van der Waals surface area contributed by atoms with Gasteiger partial charge in [0.2, 0.25) is 0 Å². The maximum atomic E-state index is 12.7. The van der Waals surface area contributed by atoms with Gasteiger partial charge >= 0.3 is 7.60 Å². The summed E-state index contributed by atoms with van der Waals surface area (Å²) in [6, 6.07) is 19.8. The van der Waals surface area contributed by atoms with Crippen molar-refractivity contribution in [2.24, 2.45) is 0 Å². The molecule has 0 saturated carbocycles. The minimum absolute atomic E-state index is 0.136. The lowest BCUT2D eigenvalue weighted by molar-refractivity contribution is -0.0582. The number of rotatable bonds is 15. The molecule has 0 spiro atoms. The van der Waals surface area contributed by atoms with Crippen LogP contribution in [-0.4, -0.2) is 38.9 Å². The maximum absolute atomic E-state index is 12.7. The van der Waals surface area contributed by atoms with Crippen LogP contribution >= 0.6 is 7.60 Å². The van der Waals surface area contributed by atoms with Gasteiger partial charge in [-0.2, -0.15) is 0 Å². The molecule has 0 fully saturated rings. The topological polar surface area (TPSA) is 63.2 Å². The fourth-order valence-corrected chi connectivity index (χ4v) is 4.01. The summed E-state index contributed by atoms with van der Waals surface area (Å²) in [6.45, 7) is 5.68. The van der Waals surface area contributed by atoms with E-state index in [9.17, 15) is 4.57 Å². The summed E-state index contributed by atoms with van der Waals surface area (Å²) in [5, 5.41) is 0. The summed E-state index contributed by atoms with van der Waals surface area (Å²) in [4.78, 5) is 0. The summed E-state index contributed by atoms with van der Waals surface area (Å²) in [5.41, 5.74) is 2.15. The van der Waals surface area contributed by atoms with Gasteiger partial charge in [0.25, 0.3) is 0 Å². The summed E-state index contributed by atoms with van der Waals surface area (Å²) in [6.07, 6.45) is -0.528. The SMILES string of the molecule is CCOP(=O)(COC(COCc1ccccc1)COCc1ccccc1)OCC.